The largest absolute Gasteiger partial charge is 0.314 e. The lowest BCUT2D eigenvalue weighted by Gasteiger charge is -1.56. The normalized spacial score (nSPS) is 23.6. The molecule has 2 rings (SSSR count). The maximum Gasteiger partial charge on any atom is 0.224 e. The Hall–Kier alpha value is -0.510. The molecule has 0 spiro atoms. The fourth-order valence-electron chi connectivity index (χ4n) is 0.370. The van der Waals surface area contributed by atoms with Gasteiger partial charge in [0.1, 0.15) is 0 Å². The molecule has 0 radical (unpaired) electrons. The minimum atomic E-state index is 0.426. The third-order valence-electron chi connectivity index (χ3n) is 1.60. The van der Waals surface area contributed by atoms with Crippen molar-refractivity contribution in [1.82, 2.24) is 0 Å². The summed E-state index contributed by atoms with van der Waals surface area (Å²) in [7, 11) is 0. The van der Waals surface area contributed by atoms with Gasteiger partial charge in [0.2, 0.25) is 6.04 Å². The van der Waals surface area contributed by atoms with E-state index in [1.165, 1.54) is 12.8 Å². The summed E-state index contributed by atoms with van der Waals surface area (Å²) in [4.78, 5) is 3.25. The molecule has 0 aromatic rings. The van der Waals surface area contributed by atoms with Crippen LogP contribution in [0, 0.1) is 12.5 Å². The van der Waals surface area contributed by atoms with E-state index in [4.69, 9.17) is 6.57 Å². The Morgan fingerprint density at radius 3 is 1.67 bits per heavy atom. The van der Waals surface area contributed by atoms with Crippen LogP contribution in [-0.4, -0.2) is 6.04 Å². The van der Waals surface area contributed by atoms with Crippen LogP contribution < -0.4 is 0 Å². The van der Waals surface area contributed by atoms with Crippen LogP contribution in [0.4, 0.5) is 0 Å². The molecule has 2 saturated carbocycles. The van der Waals surface area contributed by atoms with Crippen LogP contribution in [0.5, 0.6) is 0 Å². The summed E-state index contributed by atoms with van der Waals surface area (Å²) in [6.07, 6.45) is 5.28. The Morgan fingerprint density at radius 1 is 1.22 bits per heavy atom. The van der Waals surface area contributed by atoms with E-state index in [-0.39, 0.29) is 0 Å². The number of hydrogen-bond donors (Lipinski definition) is 0. The van der Waals surface area contributed by atoms with Gasteiger partial charge in [0.25, 0.3) is 0 Å². The van der Waals surface area contributed by atoms with Crippen molar-refractivity contribution in [3.8, 4) is 0 Å². The molecule has 0 saturated heterocycles. The third kappa shape index (κ3) is 4.02. The van der Waals surface area contributed by atoms with Crippen LogP contribution in [0.2, 0.25) is 0 Å². The zero-order chi connectivity index (χ0) is 6.69. The highest BCUT2D eigenvalue weighted by molar-refractivity contribution is 4.90. The summed E-state index contributed by atoms with van der Waals surface area (Å²) in [5.74, 6) is 1.08. The van der Waals surface area contributed by atoms with Gasteiger partial charge in [0.05, 0.1) is 0 Å². The highest BCUT2D eigenvalue weighted by atomic mass is 14.8. The van der Waals surface area contributed by atoms with Crippen LogP contribution in [0.15, 0.2) is 0 Å². The van der Waals surface area contributed by atoms with Gasteiger partial charge < -0.3 is 4.85 Å². The molecule has 0 aromatic carbocycles. The molecule has 1 nitrogen and oxygen atoms in total. The molecule has 0 N–H and O–H groups in total. The predicted octanol–water partition coefficient (Wildman–Crippen LogP) is 2.48. The lowest BCUT2D eigenvalue weighted by molar-refractivity contribution is 0.983. The summed E-state index contributed by atoms with van der Waals surface area (Å²) >= 11 is 0. The van der Waals surface area contributed by atoms with E-state index in [9.17, 15) is 0 Å². The van der Waals surface area contributed by atoms with Crippen LogP contribution in [0.25, 0.3) is 4.85 Å². The molecule has 2 aliphatic carbocycles. The first-order valence-corrected chi connectivity index (χ1v) is 3.69. The van der Waals surface area contributed by atoms with E-state index in [1.807, 2.05) is 0 Å². The van der Waals surface area contributed by atoms with Crippen LogP contribution in [0.1, 0.15) is 32.6 Å². The molecule has 0 heterocycles. The van der Waals surface area contributed by atoms with Crippen LogP contribution in [-0.2, 0) is 0 Å². The summed E-state index contributed by atoms with van der Waals surface area (Å²) < 4.78 is 0. The van der Waals surface area contributed by atoms with Gasteiger partial charge in [0, 0.05) is 12.8 Å². The Bertz CT molecular complexity index is 115. The van der Waals surface area contributed by atoms with Crippen LogP contribution in [0.3, 0.4) is 0 Å². The quantitative estimate of drug-likeness (QED) is 0.436. The van der Waals surface area contributed by atoms with Gasteiger partial charge in [-0.1, -0.05) is 19.8 Å². The predicted molar refractivity (Wildman–Crippen MR) is 38.0 cm³/mol. The van der Waals surface area contributed by atoms with E-state index >= 15 is 0 Å². The summed E-state index contributed by atoms with van der Waals surface area (Å²) in [5.41, 5.74) is 0. The topological polar surface area (TPSA) is 4.36 Å². The van der Waals surface area contributed by atoms with Gasteiger partial charge in [-0.2, -0.15) is 0 Å². The van der Waals surface area contributed by atoms with E-state index < -0.39 is 0 Å². The second-order valence-corrected chi connectivity index (χ2v) is 3.04. The van der Waals surface area contributed by atoms with E-state index in [0.717, 1.165) is 18.8 Å². The molecule has 0 aromatic heterocycles. The molecule has 0 aliphatic heterocycles. The first-order valence-electron chi connectivity index (χ1n) is 3.69. The molecule has 2 aliphatic rings. The third-order valence-corrected chi connectivity index (χ3v) is 1.60. The molecule has 2 fully saturated rings. The molecular formula is C8H13N. The second-order valence-electron chi connectivity index (χ2n) is 3.04. The first-order chi connectivity index (χ1) is 4.33. The molecule has 0 bridgehead atoms. The summed E-state index contributed by atoms with van der Waals surface area (Å²) in [5, 5.41) is 0. The van der Waals surface area contributed by atoms with Crippen molar-refractivity contribution in [1.29, 1.82) is 0 Å². The Balaban J connectivity index is 0.0000000922. The van der Waals surface area contributed by atoms with Gasteiger partial charge in [-0.05, 0) is 5.92 Å². The maximum atomic E-state index is 6.34. The van der Waals surface area contributed by atoms with Gasteiger partial charge in [-0.25, -0.2) is 6.57 Å². The van der Waals surface area contributed by atoms with E-state index in [1.54, 1.807) is 0 Å². The smallest absolute Gasteiger partial charge is 0.224 e. The molecule has 9 heavy (non-hydrogen) atoms. The fourth-order valence-corrected chi connectivity index (χ4v) is 0.370. The lowest BCUT2D eigenvalue weighted by atomic mass is 10.5. The standard InChI is InChI=1S/C4H5N.C4H8/c1-5-4-2-3-4;1-4-2-3-4/h4H,2-3H2;4H,2-3H2,1H3. The molecular weight excluding hydrogens is 110 g/mol. The number of nitrogens with zero attached hydrogens (tertiary/aromatic N) is 1. The minimum Gasteiger partial charge on any atom is -0.314 e. The molecule has 1 heteroatoms. The molecule has 50 valence electrons. The maximum absolute atomic E-state index is 6.34. The van der Waals surface area contributed by atoms with Crippen molar-refractivity contribution in [2.24, 2.45) is 5.92 Å². The Kier molecular flexibility index (Phi) is 2.10. The van der Waals surface area contributed by atoms with Gasteiger partial charge in [0.15, 0.2) is 0 Å². The van der Waals surface area contributed by atoms with Crippen LogP contribution >= 0.6 is 0 Å². The molecule has 0 unspecified atom stereocenters. The minimum absolute atomic E-state index is 0.426. The number of rotatable bonds is 0. The Labute approximate surface area is 56.9 Å². The van der Waals surface area contributed by atoms with Crippen molar-refractivity contribution < 1.29 is 0 Å². The zero-order valence-electron chi connectivity index (χ0n) is 5.93. The SMILES string of the molecule is CC1CC1.[C-]#[N+]C1CC1. The lowest BCUT2D eigenvalue weighted by Crippen LogP contribution is -1.55. The van der Waals surface area contributed by atoms with Crippen molar-refractivity contribution in [2.45, 2.75) is 38.6 Å². The summed E-state index contributed by atoms with van der Waals surface area (Å²) in [6, 6.07) is 0.426. The van der Waals surface area contributed by atoms with E-state index in [2.05, 4.69) is 11.8 Å². The first kappa shape index (κ1) is 6.61. The average molecular weight is 123 g/mol. The fraction of sp³-hybridized carbons (Fsp3) is 0.875. The molecule has 0 amide bonds. The van der Waals surface area contributed by atoms with Gasteiger partial charge in [-0.3, -0.25) is 0 Å². The van der Waals surface area contributed by atoms with Gasteiger partial charge >= 0.3 is 0 Å². The Morgan fingerprint density at radius 2 is 1.67 bits per heavy atom. The zero-order valence-corrected chi connectivity index (χ0v) is 5.93. The molecule has 0 atom stereocenters. The van der Waals surface area contributed by atoms with Crippen molar-refractivity contribution >= 4 is 0 Å². The average Bonchev–Trinajstić information content (AvgIpc) is 2.57. The summed E-state index contributed by atoms with van der Waals surface area (Å²) in [6.45, 7) is 8.62. The second kappa shape index (κ2) is 2.87. The van der Waals surface area contributed by atoms with E-state index in [0.29, 0.717) is 6.04 Å². The van der Waals surface area contributed by atoms with Gasteiger partial charge in [-0.15, -0.1) is 0 Å². The van der Waals surface area contributed by atoms with Crippen molar-refractivity contribution in [2.75, 3.05) is 0 Å². The number of hydrogen-bond acceptors (Lipinski definition) is 0. The highest BCUT2D eigenvalue weighted by Crippen LogP contribution is 2.26. The van der Waals surface area contributed by atoms with Crippen molar-refractivity contribution in [3.05, 3.63) is 11.4 Å². The highest BCUT2D eigenvalue weighted by Gasteiger charge is 2.26. The van der Waals surface area contributed by atoms with Crippen molar-refractivity contribution in [3.63, 3.8) is 0 Å². The monoisotopic (exact) mass is 123 g/mol.